The lowest BCUT2D eigenvalue weighted by Gasteiger charge is -2.04. The van der Waals surface area contributed by atoms with E-state index in [1.807, 2.05) is 0 Å². The highest BCUT2D eigenvalue weighted by Crippen LogP contribution is 2.18. The van der Waals surface area contributed by atoms with Crippen LogP contribution in [-0.2, 0) is 22.9 Å². The summed E-state index contributed by atoms with van der Waals surface area (Å²) in [6, 6.07) is 0. The third-order valence-corrected chi connectivity index (χ3v) is 5.75. The third kappa shape index (κ3) is 3.26. The second-order valence-electron chi connectivity index (χ2n) is 1.89. The van der Waals surface area contributed by atoms with E-state index in [1.54, 1.807) is 0 Å². The molecule has 0 aromatic rings. The van der Waals surface area contributed by atoms with Crippen molar-refractivity contribution in [2.24, 2.45) is 0 Å². The summed E-state index contributed by atoms with van der Waals surface area (Å²) in [7, 11) is 0.295. The van der Waals surface area contributed by atoms with Gasteiger partial charge in [0.1, 0.15) is 0 Å². The van der Waals surface area contributed by atoms with Crippen LogP contribution in [0.4, 0.5) is 0 Å². The summed E-state index contributed by atoms with van der Waals surface area (Å²) in [6.07, 6.45) is 0. The van der Waals surface area contributed by atoms with Gasteiger partial charge in [0, 0.05) is 21.4 Å². The molecule has 0 amide bonds. The van der Waals surface area contributed by atoms with Crippen molar-refractivity contribution in [3.8, 4) is 0 Å². The van der Waals surface area contributed by atoms with Crippen LogP contribution in [0, 0.1) is 0 Å². The lowest BCUT2D eigenvalue weighted by Crippen LogP contribution is -2.30. The second kappa shape index (κ2) is 3.49. The Morgan fingerprint density at radius 2 is 1.33 bits per heavy atom. The Morgan fingerprint density at radius 1 is 1.08 bits per heavy atom. The maximum absolute atomic E-state index is 10.5. The molecule has 0 fully saturated rings. The topological polar surface area (TPSA) is 85.3 Å². The van der Waals surface area contributed by atoms with Crippen LogP contribution in [0.3, 0.4) is 0 Å². The summed E-state index contributed by atoms with van der Waals surface area (Å²) in [4.78, 5) is 10.5. The quantitative estimate of drug-likeness (QED) is 0.664. The lowest BCUT2D eigenvalue weighted by atomic mass is 10.5. The highest BCUT2D eigenvalue weighted by molar-refractivity contribution is 8.29. The van der Waals surface area contributed by atoms with Gasteiger partial charge in [0.15, 0.2) is 5.78 Å². The number of rotatable bonds is 3. The Balaban J connectivity index is 5.42. The van der Waals surface area contributed by atoms with Gasteiger partial charge in [0.05, 0.1) is 0 Å². The molecule has 0 bridgehead atoms. The highest BCUT2D eigenvalue weighted by atomic mass is 35.7. The maximum Gasteiger partial charge on any atom is 0.258 e. The monoisotopic (exact) mass is 254 g/mol. The second-order valence-corrected chi connectivity index (χ2v) is 7.62. The number of carbonyl (C=O) groups excluding carboxylic acids is 1. The molecule has 0 N–H and O–H groups in total. The van der Waals surface area contributed by atoms with Crippen LogP contribution in [0.5, 0.6) is 0 Å². The van der Waals surface area contributed by atoms with Crippen LogP contribution in [0.15, 0.2) is 0 Å². The van der Waals surface area contributed by atoms with Crippen molar-refractivity contribution in [2.75, 3.05) is 0 Å². The van der Waals surface area contributed by atoms with Crippen molar-refractivity contribution in [3.63, 3.8) is 0 Å². The van der Waals surface area contributed by atoms with E-state index in [2.05, 4.69) is 21.4 Å². The van der Waals surface area contributed by atoms with E-state index in [4.69, 9.17) is 0 Å². The van der Waals surface area contributed by atoms with Gasteiger partial charge in [-0.15, -0.1) is 0 Å². The zero-order valence-corrected chi connectivity index (χ0v) is 8.84. The van der Waals surface area contributed by atoms with E-state index in [0.29, 0.717) is 0 Å². The minimum absolute atomic E-state index is 0.768. The number of ketones is 1. The molecule has 0 atom stereocenters. The molecule has 72 valence electrons. The van der Waals surface area contributed by atoms with E-state index in [-0.39, 0.29) is 0 Å². The van der Waals surface area contributed by atoms with Gasteiger partial charge >= 0.3 is 0 Å². The number of halogens is 2. The number of hydrogen-bond donors (Lipinski definition) is 0. The zero-order chi connectivity index (χ0) is 10.2. The van der Waals surface area contributed by atoms with Crippen LogP contribution in [-0.4, -0.2) is 27.2 Å². The molecular weight excluding hydrogens is 251 g/mol. The molecule has 0 rings (SSSR count). The molecule has 0 aromatic heterocycles. The fraction of sp³-hybridized carbons (Fsp3) is 0.667. The van der Waals surface area contributed by atoms with Crippen LogP contribution in [0.25, 0.3) is 0 Å². The summed E-state index contributed by atoms with van der Waals surface area (Å²) in [5.74, 6) is -1.14. The number of carbonyl (C=O) groups is 1. The Bertz CT molecular complexity index is 347. The first-order valence-electron chi connectivity index (χ1n) is 2.44. The van der Waals surface area contributed by atoms with Gasteiger partial charge in [-0.2, -0.15) is 0 Å². The van der Waals surface area contributed by atoms with Gasteiger partial charge in [0.25, 0.3) is 18.1 Å². The summed E-state index contributed by atoms with van der Waals surface area (Å²) < 4.78 is 39.6. The van der Waals surface area contributed by atoms with Gasteiger partial charge in [0.2, 0.25) is 4.58 Å². The normalized spacial score (nSPS) is 13.3. The van der Waals surface area contributed by atoms with Crippen molar-refractivity contribution < 1.29 is 21.6 Å². The van der Waals surface area contributed by atoms with Crippen LogP contribution in [0.1, 0.15) is 6.92 Å². The molecule has 0 heterocycles. The van der Waals surface area contributed by atoms with Crippen molar-refractivity contribution in [2.45, 2.75) is 11.5 Å². The van der Waals surface area contributed by atoms with Gasteiger partial charge in [-0.3, -0.25) is 4.79 Å². The summed E-state index contributed by atoms with van der Waals surface area (Å²) in [5.41, 5.74) is 0. The van der Waals surface area contributed by atoms with Gasteiger partial charge in [-0.05, 0) is 6.92 Å². The van der Waals surface area contributed by atoms with Gasteiger partial charge < -0.3 is 0 Å². The maximum atomic E-state index is 10.5. The van der Waals surface area contributed by atoms with Crippen LogP contribution >= 0.6 is 21.4 Å². The minimum Gasteiger partial charge on any atom is -0.297 e. The molecular formula is C3H4Cl2O5S2. The molecule has 0 spiro atoms. The molecule has 9 heteroatoms. The standard InChI is InChI=1S/C3H4Cl2O5S2/c1-2(6)3(11(4,7)8)12(5,9)10/h3H,1H3. The summed E-state index contributed by atoms with van der Waals surface area (Å²) >= 11 is 0. The zero-order valence-electron chi connectivity index (χ0n) is 5.69. The van der Waals surface area contributed by atoms with E-state index >= 15 is 0 Å². The average molecular weight is 255 g/mol. The predicted molar refractivity (Wildman–Crippen MR) is 44.0 cm³/mol. The van der Waals surface area contributed by atoms with Crippen molar-refractivity contribution in [1.82, 2.24) is 0 Å². The lowest BCUT2D eigenvalue weighted by molar-refractivity contribution is -0.115. The van der Waals surface area contributed by atoms with Crippen LogP contribution < -0.4 is 0 Å². The predicted octanol–water partition coefficient (Wildman–Crippen LogP) is 0.0387. The Morgan fingerprint density at radius 3 is 1.33 bits per heavy atom. The molecule has 5 nitrogen and oxygen atoms in total. The molecule has 12 heavy (non-hydrogen) atoms. The first kappa shape index (κ1) is 12.2. The first-order chi connectivity index (χ1) is 5.07. The average Bonchev–Trinajstić information content (AvgIpc) is 1.49. The molecule has 0 aliphatic carbocycles. The van der Waals surface area contributed by atoms with E-state index in [0.717, 1.165) is 6.92 Å². The molecule has 0 unspecified atom stereocenters. The smallest absolute Gasteiger partial charge is 0.258 e. The van der Waals surface area contributed by atoms with Crippen molar-refractivity contribution in [1.29, 1.82) is 0 Å². The number of Topliss-reactive ketones (excluding diaryl/α,β-unsaturated/α-hetero) is 1. The molecule has 0 saturated carbocycles. The fourth-order valence-corrected chi connectivity index (χ4v) is 5.24. The molecule has 0 saturated heterocycles. The Kier molecular flexibility index (Phi) is 3.53. The SMILES string of the molecule is CC(=O)C(S(=O)(=O)Cl)S(=O)(=O)Cl. The summed E-state index contributed by atoms with van der Waals surface area (Å²) in [6.45, 7) is 0.768. The van der Waals surface area contributed by atoms with Crippen LogP contribution in [0.2, 0.25) is 0 Å². The fourth-order valence-electron chi connectivity index (χ4n) is 0.534. The van der Waals surface area contributed by atoms with Gasteiger partial charge in [-0.25, -0.2) is 16.8 Å². The minimum atomic E-state index is -4.52. The van der Waals surface area contributed by atoms with Gasteiger partial charge in [-0.1, -0.05) is 0 Å². The molecule has 0 radical (unpaired) electrons. The largest absolute Gasteiger partial charge is 0.297 e. The third-order valence-electron chi connectivity index (χ3n) is 0.843. The molecule has 0 aromatic carbocycles. The Hall–Kier alpha value is 0.150. The first-order valence-corrected chi connectivity index (χ1v) is 7.18. The van der Waals surface area contributed by atoms with E-state index in [1.165, 1.54) is 0 Å². The highest BCUT2D eigenvalue weighted by Gasteiger charge is 2.39. The summed E-state index contributed by atoms with van der Waals surface area (Å²) in [5, 5.41) is 0. The van der Waals surface area contributed by atoms with Crippen molar-refractivity contribution in [3.05, 3.63) is 0 Å². The van der Waals surface area contributed by atoms with E-state index < -0.39 is 28.5 Å². The molecule has 0 aliphatic heterocycles. The Labute approximate surface area is 78.5 Å². The molecule has 0 aliphatic rings. The van der Waals surface area contributed by atoms with Crippen molar-refractivity contribution >= 4 is 45.2 Å². The van der Waals surface area contributed by atoms with E-state index in [9.17, 15) is 21.6 Å². The number of hydrogen-bond acceptors (Lipinski definition) is 5.